The maximum absolute atomic E-state index is 11.5. The summed E-state index contributed by atoms with van der Waals surface area (Å²) in [5.74, 6) is 0. The maximum Gasteiger partial charge on any atom is 0.315 e. The van der Waals surface area contributed by atoms with Crippen LogP contribution in [0.15, 0.2) is 24.3 Å². The number of aliphatic hydroxyl groups is 1. The average Bonchev–Trinajstić information content (AvgIpc) is 2.44. The van der Waals surface area contributed by atoms with E-state index in [9.17, 15) is 4.79 Å². The van der Waals surface area contributed by atoms with Crippen LogP contribution in [-0.2, 0) is 13.1 Å². The van der Waals surface area contributed by atoms with Crippen LogP contribution in [0.1, 0.15) is 25.0 Å². The van der Waals surface area contributed by atoms with Gasteiger partial charge in [0.15, 0.2) is 0 Å². The van der Waals surface area contributed by atoms with Crippen LogP contribution in [0, 0.1) is 0 Å². The van der Waals surface area contributed by atoms with Crippen molar-refractivity contribution in [3.05, 3.63) is 35.4 Å². The number of hydrogen-bond donors (Lipinski definition) is 3. The fourth-order valence-electron chi connectivity index (χ4n) is 1.74. The minimum atomic E-state index is -0.258. The summed E-state index contributed by atoms with van der Waals surface area (Å²) in [6, 6.07) is 8.31. The smallest absolute Gasteiger partial charge is 0.315 e. The lowest BCUT2D eigenvalue weighted by molar-refractivity contribution is 0.233. The van der Waals surface area contributed by atoms with E-state index < -0.39 is 0 Å². The van der Waals surface area contributed by atoms with Crippen LogP contribution in [0.4, 0.5) is 4.79 Å². The average molecular weight is 279 g/mol. The first-order valence-electron chi connectivity index (χ1n) is 6.94. The second kappa shape index (κ2) is 8.55. The third kappa shape index (κ3) is 5.59. The molecule has 0 aliphatic carbocycles. The van der Waals surface area contributed by atoms with E-state index >= 15 is 0 Å². The van der Waals surface area contributed by atoms with Gasteiger partial charge in [-0.25, -0.2) is 4.79 Å². The summed E-state index contributed by atoms with van der Waals surface area (Å²) in [6.07, 6.45) is 0. The van der Waals surface area contributed by atoms with E-state index in [0.29, 0.717) is 12.6 Å². The van der Waals surface area contributed by atoms with Crippen molar-refractivity contribution >= 4 is 6.03 Å². The number of amides is 2. The Hall–Kier alpha value is -1.59. The SMILES string of the molecule is CC(C)N(C)Cc1ccccc1CNC(=O)NCCO. The van der Waals surface area contributed by atoms with Crippen LogP contribution < -0.4 is 10.6 Å². The largest absolute Gasteiger partial charge is 0.395 e. The molecule has 0 spiro atoms. The monoisotopic (exact) mass is 279 g/mol. The molecule has 0 heterocycles. The minimum Gasteiger partial charge on any atom is -0.395 e. The number of urea groups is 1. The predicted molar refractivity (Wildman–Crippen MR) is 80.4 cm³/mol. The summed E-state index contributed by atoms with van der Waals surface area (Å²) < 4.78 is 0. The molecule has 1 rings (SSSR count). The third-order valence-electron chi connectivity index (χ3n) is 3.26. The fraction of sp³-hybridized carbons (Fsp3) is 0.533. The highest BCUT2D eigenvalue weighted by Crippen LogP contribution is 2.12. The van der Waals surface area contributed by atoms with E-state index in [2.05, 4.69) is 42.5 Å². The molecule has 0 fully saturated rings. The molecule has 0 saturated heterocycles. The van der Waals surface area contributed by atoms with E-state index in [0.717, 1.165) is 12.1 Å². The molecular formula is C15H25N3O2. The van der Waals surface area contributed by atoms with Gasteiger partial charge >= 0.3 is 6.03 Å². The van der Waals surface area contributed by atoms with Crippen molar-refractivity contribution in [1.29, 1.82) is 0 Å². The van der Waals surface area contributed by atoms with Gasteiger partial charge in [0.2, 0.25) is 0 Å². The molecule has 112 valence electrons. The van der Waals surface area contributed by atoms with Gasteiger partial charge in [-0.3, -0.25) is 4.90 Å². The number of nitrogens with zero attached hydrogens (tertiary/aromatic N) is 1. The van der Waals surface area contributed by atoms with Gasteiger partial charge in [0.05, 0.1) is 6.61 Å². The Balaban J connectivity index is 2.59. The molecule has 0 saturated carbocycles. The zero-order valence-corrected chi connectivity index (χ0v) is 12.5. The van der Waals surface area contributed by atoms with Gasteiger partial charge < -0.3 is 15.7 Å². The standard InChI is InChI=1S/C15H25N3O2/c1-12(2)18(3)11-14-7-5-4-6-13(14)10-17-15(20)16-8-9-19/h4-7,12,19H,8-11H2,1-3H3,(H2,16,17,20). The molecule has 1 aromatic carbocycles. The number of carbonyl (C=O) groups excluding carboxylic acids is 1. The number of aliphatic hydroxyl groups excluding tert-OH is 1. The van der Waals surface area contributed by atoms with Crippen molar-refractivity contribution in [3.8, 4) is 0 Å². The molecule has 0 unspecified atom stereocenters. The zero-order valence-electron chi connectivity index (χ0n) is 12.5. The van der Waals surface area contributed by atoms with Gasteiger partial charge in [0.1, 0.15) is 0 Å². The highest BCUT2D eigenvalue weighted by atomic mass is 16.3. The molecule has 0 radical (unpaired) electrons. The van der Waals surface area contributed by atoms with E-state index in [4.69, 9.17) is 5.11 Å². The summed E-state index contributed by atoms with van der Waals surface area (Å²) in [5.41, 5.74) is 2.32. The first-order chi connectivity index (χ1) is 9.54. The van der Waals surface area contributed by atoms with Gasteiger partial charge in [0, 0.05) is 25.7 Å². The molecule has 1 aromatic rings. The predicted octanol–water partition coefficient (Wildman–Crippen LogP) is 1.32. The highest BCUT2D eigenvalue weighted by Gasteiger charge is 2.08. The summed E-state index contributed by atoms with van der Waals surface area (Å²) in [6.45, 7) is 5.87. The van der Waals surface area contributed by atoms with E-state index in [1.807, 2.05) is 18.2 Å². The second-order valence-electron chi connectivity index (χ2n) is 5.11. The molecular weight excluding hydrogens is 254 g/mol. The third-order valence-corrected chi connectivity index (χ3v) is 3.26. The molecule has 2 amide bonds. The molecule has 0 aromatic heterocycles. The molecule has 0 bridgehead atoms. The second-order valence-corrected chi connectivity index (χ2v) is 5.11. The van der Waals surface area contributed by atoms with Gasteiger partial charge in [0.25, 0.3) is 0 Å². The summed E-state index contributed by atoms with van der Waals surface area (Å²) in [5, 5.41) is 14.0. The Bertz CT molecular complexity index is 421. The molecule has 3 N–H and O–H groups in total. The van der Waals surface area contributed by atoms with Crippen molar-refractivity contribution in [2.75, 3.05) is 20.2 Å². The molecule has 5 nitrogen and oxygen atoms in total. The van der Waals surface area contributed by atoms with Gasteiger partial charge in [-0.15, -0.1) is 0 Å². The van der Waals surface area contributed by atoms with E-state index in [1.54, 1.807) is 0 Å². The maximum atomic E-state index is 11.5. The Kier molecular flexibility index (Phi) is 7.04. The number of rotatable bonds is 7. The summed E-state index contributed by atoms with van der Waals surface area (Å²) in [7, 11) is 2.09. The lowest BCUT2D eigenvalue weighted by Crippen LogP contribution is -2.36. The van der Waals surface area contributed by atoms with Crippen LogP contribution in [0.5, 0.6) is 0 Å². The Morgan fingerprint density at radius 3 is 2.50 bits per heavy atom. The Labute approximate surface area is 121 Å². The van der Waals surface area contributed by atoms with Crippen molar-refractivity contribution in [2.45, 2.75) is 33.0 Å². The van der Waals surface area contributed by atoms with E-state index in [-0.39, 0.29) is 19.2 Å². The number of carbonyl (C=O) groups is 1. The summed E-state index contributed by atoms with van der Waals surface area (Å²) >= 11 is 0. The van der Waals surface area contributed by atoms with Crippen molar-refractivity contribution < 1.29 is 9.90 Å². The first-order valence-corrected chi connectivity index (χ1v) is 6.94. The van der Waals surface area contributed by atoms with Crippen molar-refractivity contribution in [1.82, 2.24) is 15.5 Å². The molecule has 20 heavy (non-hydrogen) atoms. The van der Waals surface area contributed by atoms with Crippen molar-refractivity contribution in [3.63, 3.8) is 0 Å². The molecule has 0 atom stereocenters. The van der Waals surface area contributed by atoms with Crippen molar-refractivity contribution in [2.24, 2.45) is 0 Å². The quantitative estimate of drug-likeness (QED) is 0.705. The van der Waals surface area contributed by atoms with Crippen LogP contribution >= 0.6 is 0 Å². The lowest BCUT2D eigenvalue weighted by atomic mass is 10.1. The fourth-order valence-corrected chi connectivity index (χ4v) is 1.74. The van der Waals surface area contributed by atoms with Gasteiger partial charge in [-0.05, 0) is 32.0 Å². The number of benzene rings is 1. The molecule has 0 aliphatic rings. The highest BCUT2D eigenvalue weighted by molar-refractivity contribution is 5.73. The van der Waals surface area contributed by atoms with E-state index in [1.165, 1.54) is 5.56 Å². The van der Waals surface area contributed by atoms with Gasteiger partial charge in [-0.2, -0.15) is 0 Å². The number of nitrogens with one attached hydrogen (secondary N) is 2. The van der Waals surface area contributed by atoms with Gasteiger partial charge in [-0.1, -0.05) is 24.3 Å². The lowest BCUT2D eigenvalue weighted by Gasteiger charge is -2.22. The van der Waals surface area contributed by atoms with Crippen LogP contribution in [0.2, 0.25) is 0 Å². The topological polar surface area (TPSA) is 64.6 Å². The molecule has 5 heteroatoms. The Morgan fingerprint density at radius 1 is 1.25 bits per heavy atom. The van der Waals surface area contributed by atoms with Crippen LogP contribution in [0.3, 0.4) is 0 Å². The normalized spacial score (nSPS) is 10.9. The van der Waals surface area contributed by atoms with Crippen LogP contribution in [0.25, 0.3) is 0 Å². The zero-order chi connectivity index (χ0) is 15.0. The number of hydrogen-bond acceptors (Lipinski definition) is 3. The minimum absolute atomic E-state index is 0.0524. The summed E-state index contributed by atoms with van der Waals surface area (Å²) in [4.78, 5) is 13.7. The Morgan fingerprint density at radius 2 is 1.90 bits per heavy atom. The van der Waals surface area contributed by atoms with Crippen LogP contribution in [-0.4, -0.2) is 42.3 Å². The first kappa shape index (κ1) is 16.5. The molecule has 0 aliphatic heterocycles.